The number of thiophene rings is 1. The molecule has 1 aliphatic rings. The molecule has 28 heavy (non-hydrogen) atoms. The average Bonchev–Trinajstić information content (AvgIpc) is 3.31. The number of carbonyl (C=O) groups excluding carboxylic acids is 1. The predicted octanol–water partition coefficient (Wildman–Crippen LogP) is 3.81. The summed E-state index contributed by atoms with van der Waals surface area (Å²) >= 11 is 3.11. The van der Waals surface area contributed by atoms with Crippen LogP contribution < -0.4 is 10.9 Å². The Morgan fingerprint density at radius 2 is 2.39 bits per heavy atom. The van der Waals surface area contributed by atoms with E-state index < -0.39 is 0 Å². The number of nitrogens with zero attached hydrogens (tertiary/aromatic N) is 1. The van der Waals surface area contributed by atoms with E-state index in [9.17, 15) is 9.59 Å². The number of H-pyrrole nitrogens is 1. The first-order valence-electron chi connectivity index (χ1n) is 9.46. The van der Waals surface area contributed by atoms with Gasteiger partial charge >= 0.3 is 0 Å². The minimum absolute atomic E-state index is 0.0539. The number of thioether (sulfide) groups is 1. The number of aryl methyl sites for hydroxylation is 1. The van der Waals surface area contributed by atoms with E-state index in [1.165, 1.54) is 22.2 Å². The van der Waals surface area contributed by atoms with E-state index in [1.54, 1.807) is 23.7 Å². The molecule has 4 rings (SSSR count). The molecule has 148 valence electrons. The van der Waals surface area contributed by atoms with E-state index >= 15 is 0 Å². The number of aromatic amines is 1. The molecule has 0 aromatic carbocycles. The molecule has 0 saturated carbocycles. The van der Waals surface area contributed by atoms with E-state index in [0.717, 1.165) is 35.2 Å². The Hall–Kier alpha value is -2.06. The SMILES string of the molecule is C[C@H]1CCc2c(sc3nc([C@H](C)SCC(=O)NCc4ccco4)[nH]c(=O)c23)C1. The summed E-state index contributed by atoms with van der Waals surface area (Å²) < 4.78 is 5.20. The van der Waals surface area contributed by atoms with Gasteiger partial charge in [0.15, 0.2) is 0 Å². The van der Waals surface area contributed by atoms with Crippen molar-refractivity contribution in [2.45, 2.75) is 44.9 Å². The lowest BCUT2D eigenvalue weighted by Crippen LogP contribution is -2.24. The fourth-order valence-corrected chi connectivity index (χ4v) is 5.65. The second-order valence-electron chi connectivity index (χ2n) is 7.29. The maximum absolute atomic E-state index is 12.7. The number of fused-ring (bicyclic) bond motifs is 3. The fraction of sp³-hybridized carbons (Fsp3) is 0.450. The molecule has 3 heterocycles. The monoisotopic (exact) mass is 417 g/mol. The van der Waals surface area contributed by atoms with Crippen molar-refractivity contribution in [3.63, 3.8) is 0 Å². The topological polar surface area (TPSA) is 88.0 Å². The summed E-state index contributed by atoms with van der Waals surface area (Å²) in [7, 11) is 0. The molecule has 1 aliphatic carbocycles. The molecular formula is C20H23N3O3S2. The van der Waals surface area contributed by atoms with E-state index in [2.05, 4.69) is 17.2 Å². The van der Waals surface area contributed by atoms with Gasteiger partial charge < -0.3 is 14.7 Å². The van der Waals surface area contributed by atoms with Crippen LogP contribution in [0.25, 0.3) is 10.2 Å². The van der Waals surface area contributed by atoms with Gasteiger partial charge in [-0.3, -0.25) is 9.59 Å². The summed E-state index contributed by atoms with van der Waals surface area (Å²) in [5.74, 6) is 2.24. The van der Waals surface area contributed by atoms with Gasteiger partial charge in [0, 0.05) is 4.88 Å². The van der Waals surface area contributed by atoms with E-state index in [-0.39, 0.29) is 16.7 Å². The van der Waals surface area contributed by atoms with Gasteiger partial charge in [0.2, 0.25) is 5.91 Å². The minimum atomic E-state index is -0.0792. The molecule has 0 radical (unpaired) electrons. The highest BCUT2D eigenvalue weighted by atomic mass is 32.2. The Morgan fingerprint density at radius 3 is 3.18 bits per heavy atom. The van der Waals surface area contributed by atoms with Crippen molar-refractivity contribution >= 4 is 39.2 Å². The Bertz CT molecular complexity index is 1040. The van der Waals surface area contributed by atoms with Crippen LogP contribution in [0.3, 0.4) is 0 Å². The third-order valence-corrected chi connectivity index (χ3v) is 7.37. The van der Waals surface area contributed by atoms with Crippen molar-refractivity contribution in [2.24, 2.45) is 5.92 Å². The Morgan fingerprint density at radius 1 is 1.54 bits per heavy atom. The standard InChI is InChI=1S/C20H23N3O3S2/c1-11-5-6-14-15(8-11)28-20-17(14)19(25)22-18(23-20)12(2)27-10-16(24)21-9-13-4-3-7-26-13/h3-4,7,11-12H,5-6,8-10H2,1-2H3,(H,21,24)(H,22,23,25)/t11-,12-/m0/s1. The van der Waals surface area contributed by atoms with Gasteiger partial charge in [0.1, 0.15) is 16.4 Å². The van der Waals surface area contributed by atoms with Crippen LogP contribution in [-0.2, 0) is 24.2 Å². The Labute approximate surface area is 171 Å². The van der Waals surface area contributed by atoms with Crippen LogP contribution in [0, 0.1) is 5.92 Å². The van der Waals surface area contributed by atoms with E-state index in [1.807, 2.05) is 13.0 Å². The Kier molecular flexibility index (Phi) is 5.59. The quantitative estimate of drug-likeness (QED) is 0.637. The van der Waals surface area contributed by atoms with Gasteiger partial charge in [-0.25, -0.2) is 4.98 Å². The first kappa shape index (κ1) is 19.3. The first-order valence-corrected chi connectivity index (χ1v) is 11.3. The minimum Gasteiger partial charge on any atom is -0.467 e. The zero-order chi connectivity index (χ0) is 19.7. The first-order chi connectivity index (χ1) is 13.5. The zero-order valence-electron chi connectivity index (χ0n) is 15.9. The molecular weight excluding hydrogens is 394 g/mol. The van der Waals surface area contributed by atoms with Crippen molar-refractivity contribution < 1.29 is 9.21 Å². The van der Waals surface area contributed by atoms with Gasteiger partial charge in [-0.15, -0.1) is 23.1 Å². The van der Waals surface area contributed by atoms with Crippen molar-refractivity contribution in [3.05, 3.63) is 50.8 Å². The van der Waals surface area contributed by atoms with Crippen LogP contribution in [-0.4, -0.2) is 21.6 Å². The molecule has 3 aromatic rings. The van der Waals surface area contributed by atoms with E-state index in [0.29, 0.717) is 24.0 Å². The molecule has 1 amide bonds. The number of aromatic nitrogens is 2. The van der Waals surface area contributed by atoms with Gasteiger partial charge in [0.25, 0.3) is 5.56 Å². The molecule has 8 heteroatoms. The third-order valence-electron chi connectivity index (χ3n) is 5.07. The number of nitrogens with one attached hydrogen (secondary N) is 2. The van der Waals surface area contributed by atoms with Crippen LogP contribution in [0.2, 0.25) is 0 Å². The second kappa shape index (κ2) is 8.13. The number of amides is 1. The van der Waals surface area contributed by atoms with Crippen molar-refractivity contribution in [2.75, 3.05) is 5.75 Å². The summed E-state index contributed by atoms with van der Waals surface area (Å²) in [5.41, 5.74) is 1.14. The molecule has 0 unspecified atom stereocenters. The van der Waals surface area contributed by atoms with Crippen LogP contribution in [0.4, 0.5) is 0 Å². The van der Waals surface area contributed by atoms with Crippen LogP contribution in [0.5, 0.6) is 0 Å². The Balaban J connectivity index is 1.43. The smallest absolute Gasteiger partial charge is 0.259 e. The summed E-state index contributed by atoms with van der Waals surface area (Å²) in [6.45, 7) is 4.59. The van der Waals surface area contributed by atoms with Gasteiger partial charge in [0.05, 0.1) is 29.2 Å². The van der Waals surface area contributed by atoms with Crippen molar-refractivity contribution in [1.82, 2.24) is 15.3 Å². The summed E-state index contributed by atoms with van der Waals surface area (Å²) in [5, 5.41) is 3.51. The van der Waals surface area contributed by atoms with Gasteiger partial charge in [-0.1, -0.05) is 6.92 Å². The summed E-state index contributed by atoms with van der Waals surface area (Å²) in [6.07, 6.45) is 4.70. The van der Waals surface area contributed by atoms with E-state index in [4.69, 9.17) is 9.40 Å². The molecule has 0 aliphatic heterocycles. The highest BCUT2D eigenvalue weighted by molar-refractivity contribution is 8.00. The predicted molar refractivity (Wildman–Crippen MR) is 113 cm³/mol. The molecule has 6 nitrogen and oxygen atoms in total. The number of rotatable bonds is 6. The molecule has 2 atom stereocenters. The fourth-order valence-electron chi connectivity index (χ4n) is 3.49. The second-order valence-corrected chi connectivity index (χ2v) is 9.71. The van der Waals surface area contributed by atoms with Crippen molar-refractivity contribution in [1.29, 1.82) is 0 Å². The number of hydrogen-bond acceptors (Lipinski definition) is 6. The molecule has 0 bridgehead atoms. The largest absolute Gasteiger partial charge is 0.467 e. The molecule has 0 spiro atoms. The molecule has 0 saturated heterocycles. The highest BCUT2D eigenvalue weighted by Crippen LogP contribution is 2.36. The lowest BCUT2D eigenvalue weighted by atomic mass is 9.89. The van der Waals surface area contributed by atoms with Crippen molar-refractivity contribution in [3.8, 4) is 0 Å². The number of carbonyl (C=O) groups is 1. The molecule has 3 aromatic heterocycles. The summed E-state index contributed by atoms with van der Waals surface area (Å²) in [6, 6.07) is 3.61. The number of hydrogen-bond donors (Lipinski definition) is 2. The molecule has 0 fully saturated rings. The lowest BCUT2D eigenvalue weighted by molar-refractivity contribution is -0.118. The van der Waals surface area contributed by atoms with Crippen LogP contribution in [0.15, 0.2) is 27.6 Å². The maximum atomic E-state index is 12.7. The maximum Gasteiger partial charge on any atom is 0.259 e. The van der Waals surface area contributed by atoms with Gasteiger partial charge in [-0.2, -0.15) is 0 Å². The highest BCUT2D eigenvalue weighted by Gasteiger charge is 2.24. The van der Waals surface area contributed by atoms with Crippen LogP contribution >= 0.6 is 23.1 Å². The summed E-state index contributed by atoms with van der Waals surface area (Å²) in [4.78, 5) is 34.6. The lowest BCUT2D eigenvalue weighted by Gasteiger charge is -2.17. The molecule has 2 N–H and O–H groups in total. The third kappa shape index (κ3) is 4.03. The van der Waals surface area contributed by atoms with Gasteiger partial charge in [-0.05, 0) is 49.8 Å². The normalized spacial score (nSPS) is 17.4. The number of furan rings is 1. The zero-order valence-corrected chi connectivity index (χ0v) is 17.5. The average molecular weight is 418 g/mol. The van der Waals surface area contributed by atoms with Crippen LogP contribution in [0.1, 0.15) is 47.5 Å².